The summed E-state index contributed by atoms with van der Waals surface area (Å²) in [5, 5.41) is 0. The third kappa shape index (κ3) is 14.1. The number of unbranched alkanes of at least 4 members (excludes halogenated alkanes) is 10. The van der Waals surface area contributed by atoms with E-state index in [0.717, 1.165) is 166 Å². The highest BCUT2D eigenvalue weighted by atomic mass is 15.2. The molecule has 0 aromatic rings. The molecule has 2 heteroatoms. The standard InChI is InChI=1S/C86H148N2/c1-5-7-9-11-13-15-25-61-39-47-69(48-40-61)87(67-43-35-59(3)36-44-67)81-57-79(83-71-31-21-17-27-63(71)55-64-28-18-22-32-72(64)83)75-52-54-78-82(88(68-45-37-60(4)38-46-68)70-49-41-62(42-50-70)26-16-14-12-10-8-6-2)58-80(76-51-53-77(81)85(75)86(76)78)84-73-33-23-19-29-65(73)56-66-30-20-24-34-74(66)84/h59-86H,5-58H2,1-4H3. The predicted molar refractivity (Wildman–Crippen MR) is 375 cm³/mol. The molecule has 0 N–H and O–H groups in total. The lowest BCUT2D eigenvalue weighted by atomic mass is 9.38. The second-order valence-electron chi connectivity index (χ2n) is 37.5. The van der Waals surface area contributed by atoms with Crippen LogP contribution < -0.4 is 0 Å². The predicted octanol–water partition coefficient (Wildman–Crippen LogP) is 24.7. The van der Waals surface area contributed by atoms with Gasteiger partial charge in [0.15, 0.2) is 0 Å². The van der Waals surface area contributed by atoms with Gasteiger partial charge in [0.05, 0.1) is 0 Å². The monoisotopic (exact) mass is 1210 g/mol. The van der Waals surface area contributed by atoms with Crippen molar-refractivity contribution in [3.63, 3.8) is 0 Å². The van der Waals surface area contributed by atoms with Crippen molar-refractivity contribution in [1.82, 2.24) is 9.80 Å². The Kier molecular flexibility index (Phi) is 23.0. The molecule has 14 aliphatic carbocycles. The Balaban J connectivity index is 0.850. The van der Waals surface area contributed by atoms with Crippen molar-refractivity contribution >= 4 is 0 Å². The summed E-state index contributed by atoms with van der Waals surface area (Å²) in [4.78, 5) is 7.36. The van der Waals surface area contributed by atoms with Crippen LogP contribution in [-0.4, -0.2) is 46.1 Å². The van der Waals surface area contributed by atoms with Crippen molar-refractivity contribution in [2.45, 2.75) is 411 Å². The Morgan fingerprint density at radius 2 is 0.534 bits per heavy atom. The van der Waals surface area contributed by atoms with Gasteiger partial charge >= 0.3 is 0 Å². The van der Waals surface area contributed by atoms with E-state index in [9.17, 15) is 0 Å². The molecule has 18 atom stereocenters. The van der Waals surface area contributed by atoms with Crippen molar-refractivity contribution in [3.8, 4) is 0 Å². The average molecular weight is 1210 g/mol. The average Bonchev–Trinajstić information content (AvgIpc) is 0.730. The summed E-state index contributed by atoms with van der Waals surface area (Å²) < 4.78 is 0. The fraction of sp³-hybridized carbons (Fsp3) is 1.00. The zero-order valence-electron chi connectivity index (χ0n) is 59.2. The van der Waals surface area contributed by atoms with Gasteiger partial charge in [-0.3, -0.25) is 9.80 Å². The van der Waals surface area contributed by atoms with Crippen LogP contribution in [0.5, 0.6) is 0 Å². The van der Waals surface area contributed by atoms with Crippen molar-refractivity contribution < 1.29 is 0 Å². The summed E-state index contributed by atoms with van der Waals surface area (Å²) >= 11 is 0. The van der Waals surface area contributed by atoms with Gasteiger partial charge in [0.2, 0.25) is 0 Å². The first-order chi connectivity index (χ1) is 43.4. The molecular formula is C86H148N2. The maximum atomic E-state index is 3.68. The minimum Gasteiger partial charge on any atom is -0.294 e. The second kappa shape index (κ2) is 31.0. The number of hydrogen-bond acceptors (Lipinski definition) is 2. The summed E-state index contributed by atoms with van der Waals surface area (Å²) in [5.41, 5.74) is 0. The van der Waals surface area contributed by atoms with E-state index in [-0.39, 0.29) is 0 Å². The van der Waals surface area contributed by atoms with E-state index in [0.29, 0.717) is 0 Å². The van der Waals surface area contributed by atoms with Gasteiger partial charge < -0.3 is 0 Å². The van der Waals surface area contributed by atoms with E-state index in [1.807, 2.05) is 0 Å². The number of rotatable bonds is 22. The summed E-state index contributed by atoms with van der Waals surface area (Å²) in [6, 6.07) is 5.33. The Labute approximate surface area is 547 Å². The number of fused-ring (bicyclic) bond motifs is 4. The molecule has 14 aliphatic rings. The first-order valence-corrected chi connectivity index (χ1v) is 43.0. The molecule has 0 saturated heterocycles. The van der Waals surface area contributed by atoms with Crippen LogP contribution in [0, 0.1) is 130 Å². The van der Waals surface area contributed by atoms with Gasteiger partial charge in [-0.1, -0.05) is 195 Å². The molecule has 88 heavy (non-hydrogen) atoms. The normalized spacial score (nSPS) is 47.9. The molecule has 14 fully saturated rings. The van der Waals surface area contributed by atoms with E-state index in [1.54, 1.807) is 244 Å². The van der Waals surface area contributed by atoms with Crippen LogP contribution in [0.15, 0.2) is 0 Å². The Hall–Kier alpha value is -0.0800. The van der Waals surface area contributed by atoms with Crippen LogP contribution in [0.2, 0.25) is 0 Å². The lowest BCUT2D eigenvalue weighted by molar-refractivity contribution is -0.208. The number of hydrogen-bond donors (Lipinski definition) is 0. The molecule has 0 amide bonds. The van der Waals surface area contributed by atoms with Crippen molar-refractivity contribution in [2.75, 3.05) is 0 Å². The highest BCUT2D eigenvalue weighted by Gasteiger charge is 2.66. The van der Waals surface area contributed by atoms with Crippen molar-refractivity contribution in [1.29, 1.82) is 0 Å². The maximum absolute atomic E-state index is 3.68. The minimum absolute atomic E-state index is 0.882. The lowest BCUT2D eigenvalue weighted by Gasteiger charge is -2.70. The largest absolute Gasteiger partial charge is 0.294 e. The molecule has 14 saturated carbocycles. The van der Waals surface area contributed by atoms with Crippen molar-refractivity contribution in [3.05, 3.63) is 0 Å². The van der Waals surface area contributed by atoms with E-state index in [2.05, 4.69) is 37.5 Å². The van der Waals surface area contributed by atoms with Crippen LogP contribution >= 0.6 is 0 Å². The third-order valence-electron chi connectivity index (χ3n) is 33.2. The number of nitrogens with zero attached hydrogens (tertiary/aromatic N) is 2. The highest BCUT2D eigenvalue weighted by Crippen LogP contribution is 2.70. The Morgan fingerprint density at radius 1 is 0.239 bits per heavy atom. The Bertz CT molecular complexity index is 1860. The lowest BCUT2D eigenvalue weighted by Crippen LogP contribution is -2.68. The molecule has 2 nitrogen and oxygen atoms in total. The fourth-order valence-electron chi connectivity index (χ4n) is 29.5. The molecular weight excluding hydrogens is 1060 g/mol. The zero-order chi connectivity index (χ0) is 59.5. The second-order valence-corrected chi connectivity index (χ2v) is 37.5. The van der Waals surface area contributed by atoms with E-state index in [4.69, 9.17) is 0 Å². The summed E-state index contributed by atoms with van der Waals surface area (Å²) in [5.74, 6) is 23.0. The quantitative estimate of drug-likeness (QED) is 0.0997. The van der Waals surface area contributed by atoms with Crippen LogP contribution in [0.25, 0.3) is 0 Å². The van der Waals surface area contributed by atoms with E-state index < -0.39 is 0 Å². The molecule has 0 bridgehead atoms. The van der Waals surface area contributed by atoms with Gasteiger partial charge in [0.25, 0.3) is 0 Å². The van der Waals surface area contributed by atoms with Crippen LogP contribution in [-0.2, 0) is 0 Å². The third-order valence-corrected chi connectivity index (χ3v) is 33.2. The van der Waals surface area contributed by atoms with Crippen molar-refractivity contribution in [2.24, 2.45) is 130 Å². The summed E-state index contributed by atoms with van der Waals surface area (Å²) in [7, 11) is 0. The topological polar surface area (TPSA) is 6.48 Å². The van der Waals surface area contributed by atoms with Gasteiger partial charge in [-0.15, -0.1) is 0 Å². The minimum atomic E-state index is 0.882. The molecule has 0 radical (unpaired) electrons. The van der Waals surface area contributed by atoms with Gasteiger partial charge in [0, 0.05) is 36.3 Å². The molecule has 18 unspecified atom stereocenters. The first-order valence-electron chi connectivity index (χ1n) is 43.0. The zero-order valence-corrected chi connectivity index (χ0v) is 59.2. The molecule has 0 spiro atoms. The maximum Gasteiger partial charge on any atom is 0.0135 e. The summed E-state index contributed by atoms with van der Waals surface area (Å²) in [6.07, 6.45) is 84.5. The van der Waals surface area contributed by atoms with Crippen LogP contribution in [0.3, 0.4) is 0 Å². The fourth-order valence-corrected chi connectivity index (χ4v) is 29.5. The molecule has 0 aromatic carbocycles. The van der Waals surface area contributed by atoms with E-state index in [1.165, 1.54) is 103 Å². The summed E-state index contributed by atoms with van der Waals surface area (Å²) in [6.45, 7) is 10.1. The molecule has 502 valence electrons. The van der Waals surface area contributed by atoms with Gasteiger partial charge in [-0.2, -0.15) is 0 Å². The Morgan fingerprint density at radius 3 is 0.875 bits per heavy atom. The van der Waals surface area contributed by atoms with Crippen LogP contribution in [0.4, 0.5) is 0 Å². The van der Waals surface area contributed by atoms with Gasteiger partial charge in [-0.05, 0) is 310 Å². The molecule has 0 heterocycles. The SMILES string of the molecule is CCCCCCCCC1CCC(N(C2CCC(C)CC2)C2CC(C3C4CCCCC4CC4CCCCC43)C3CCC4C5C(CCC2C35)C(C2C3CCCCC3CC3CCCCC32)CC4N(C2CCC(C)CC2)C2CCC(CCCCCCCC)CC2)CC1. The van der Waals surface area contributed by atoms with Crippen LogP contribution in [0.1, 0.15) is 374 Å². The first kappa shape index (κ1) is 65.2. The van der Waals surface area contributed by atoms with Gasteiger partial charge in [0.1, 0.15) is 0 Å². The molecule has 0 aromatic heterocycles. The molecule has 14 rings (SSSR count). The smallest absolute Gasteiger partial charge is 0.0135 e. The van der Waals surface area contributed by atoms with E-state index >= 15 is 0 Å². The molecule has 0 aliphatic heterocycles. The highest BCUT2D eigenvalue weighted by molar-refractivity contribution is 5.16. The van der Waals surface area contributed by atoms with Gasteiger partial charge in [-0.25, -0.2) is 0 Å².